The Morgan fingerprint density at radius 1 is 1.62 bits per heavy atom. The lowest BCUT2D eigenvalue weighted by atomic mass is 10.7. The van der Waals surface area contributed by atoms with Gasteiger partial charge < -0.3 is 10.1 Å². The molecule has 0 aromatic heterocycles. The number of hydrogen-bond donors (Lipinski definition) is 1. The van der Waals surface area contributed by atoms with Gasteiger partial charge in [-0.15, -0.1) is 9.24 Å². The summed E-state index contributed by atoms with van der Waals surface area (Å²) < 4.78 is 4.06. The fraction of sp³-hybridized carbons (Fsp3) is 0.333. The molecule has 1 N–H and O–H groups in total. The first-order valence-electron chi connectivity index (χ1n) is 1.98. The molecule has 1 amide bonds. The number of carbonyl (C=O) groups excluding carboxylic acids is 2. The van der Waals surface area contributed by atoms with Gasteiger partial charge in [-0.3, -0.25) is 0 Å². The van der Waals surface area contributed by atoms with Crippen molar-refractivity contribution >= 4 is 21.3 Å². The smallest absolute Gasteiger partial charge is 0.374 e. The summed E-state index contributed by atoms with van der Waals surface area (Å²) in [5.74, 6) is -1.09. The topological polar surface area (TPSA) is 55.4 Å². The number of amides is 1. The van der Waals surface area contributed by atoms with E-state index in [1.54, 1.807) is 0 Å². The highest BCUT2D eigenvalue weighted by Gasteiger charge is 2.27. The van der Waals surface area contributed by atoms with Gasteiger partial charge in [0.2, 0.25) is 0 Å². The Hall–Kier alpha value is -0.630. The maximum atomic E-state index is 10.3. The highest BCUT2D eigenvalue weighted by molar-refractivity contribution is 7.19. The number of esters is 1. The number of rotatable bonds is 0. The maximum Gasteiger partial charge on any atom is 0.415 e. The molecule has 1 aliphatic rings. The second-order valence-corrected chi connectivity index (χ2v) is 2.00. The number of ether oxygens (including phenoxy) is 1. The molecule has 1 saturated heterocycles. The monoisotopic (exact) mass is 133 g/mol. The zero-order valence-corrected chi connectivity index (χ0v) is 5.03. The fourth-order valence-corrected chi connectivity index (χ4v) is 0.574. The molecule has 0 aliphatic carbocycles. The van der Waals surface area contributed by atoms with Crippen LogP contribution in [0.1, 0.15) is 0 Å². The van der Waals surface area contributed by atoms with E-state index >= 15 is 0 Å². The van der Waals surface area contributed by atoms with Crippen molar-refractivity contribution in [3.8, 4) is 0 Å². The van der Waals surface area contributed by atoms with Gasteiger partial charge in [0.05, 0.1) is 0 Å². The van der Waals surface area contributed by atoms with Crippen LogP contribution < -0.4 is 5.32 Å². The van der Waals surface area contributed by atoms with E-state index in [-0.39, 0.29) is 0 Å². The largest absolute Gasteiger partial charge is 0.415 e. The predicted molar refractivity (Wildman–Crippen MR) is 28.1 cm³/mol. The summed E-state index contributed by atoms with van der Waals surface area (Å²) in [6.07, 6.45) is -0.671. The Labute approximate surface area is 47.8 Å². The van der Waals surface area contributed by atoms with Crippen molar-refractivity contribution in [2.24, 2.45) is 0 Å². The first kappa shape index (κ1) is 5.51. The Bertz CT molecular complexity index is 145. The van der Waals surface area contributed by atoms with Gasteiger partial charge in [0.15, 0.2) is 0 Å². The van der Waals surface area contributed by atoms with Gasteiger partial charge in [-0.2, -0.15) is 0 Å². The lowest BCUT2D eigenvalue weighted by Crippen LogP contribution is -2.21. The van der Waals surface area contributed by atoms with Gasteiger partial charge in [-0.1, -0.05) is 0 Å². The lowest BCUT2D eigenvalue weighted by Gasteiger charge is -1.88. The van der Waals surface area contributed by atoms with Crippen molar-refractivity contribution in [2.75, 3.05) is 0 Å². The summed E-state index contributed by atoms with van der Waals surface area (Å²) in [5, 5.41) is 2.22. The van der Waals surface area contributed by atoms with Crippen LogP contribution in [-0.4, -0.2) is 17.8 Å². The molecular weight excluding hydrogens is 129 g/mol. The van der Waals surface area contributed by atoms with Crippen LogP contribution in [0.15, 0.2) is 0 Å². The SMILES string of the molecule is O=C1NC(P)C(=O)O1. The minimum atomic E-state index is -0.671. The van der Waals surface area contributed by atoms with Crippen molar-refractivity contribution in [1.82, 2.24) is 5.32 Å². The first-order chi connectivity index (χ1) is 3.70. The highest BCUT2D eigenvalue weighted by Crippen LogP contribution is 2.05. The van der Waals surface area contributed by atoms with E-state index in [4.69, 9.17) is 0 Å². The van der Waals surface area contributed by atoms with E-state index in [0.29, 0.717) is 0 Å². The van der Waals surface area contributed by atoms with Crippen molar-refractivity contribution in [2.45, 2.75) is 5.78 Å². The Balaban J connectivity index is 2.64. The van der Waals surface area contributed by atoms with Crippen LogP contribution in [0, 0.1) is 0 Å². The standard InChI is InChI=1S/C3H4NO3P/c5-2-1(8)4-3(6)7-2/h1H,8H2,(H,4,6). The van der Waals surface area contributed by atoms with Gasteiger partial charge in [0.1, 0.15) is 5.78 Å². The molecule has 0 aromatic rings. The van der Waals surface area contributed by atoms with E-state index in [1.807, 2.05) is 0 Å². The van der Waals surface area contributed by atoms with Crippen molar-refractivity contribution in [3.63, 3.8) is 0 Å². The van der Waals surface area contributed by atoms with Gasteiger partial charge in [0.25, 0.3) is 0 Å². The average molecular weight is 133 g/mol. The molecule has 1 rings (SSSR count). The zero-order valence-electron chi connectivity index (χ0n) is 3.88. The second kappa shape index (κ2) is 1.71. The highest BCUT2D eigenvalue weighted by atomic mass is 31.0. The third-order valence-corrected chi connectivity index (χ3v) is 1.16. The van der Waals surface area contributed by atoms with Crippen LogP contribution in [0.4, 0.5) is 4.79 Å². The Morgan fingerprint density at radius 2 is 2.25 bits per heavy atom. The van der Waals surface area contributed by atoms with E-state index in [9.17, 15) is 9.59 Å². The number of hydrogen-bond acceptors (Lipinski definition) is 3. The van der Waals surface area contributed by atoms with Crippen molar-refractivity contribution in [1.29, 1.82) is 0 Å². The van der Waals surface area contributed by atoms with Gasteiger partial charge in [-0.05, 0) is 0 Å². The minimum absolute atomic E-state index is 0.542. The summed E-state index contributed by atoms with van der Waals surface area (Å²) in [6.45, 7) is 0. The van der Waals surface area contributed by atoms with Crippen LogP contribution in [0.3, 0.4) is 0 Å². The molecule has 1 heterocycles. The molecule has 0 aromatic carbocycles. The fourth-order valence-electron chi connectivity index (χ4n) is 0.370. The molecule has 0 spiro atoms. The molecule has 8 heavy (non-hydrogen) atoms. The van der Waals surface area contributed by atoms with Gasteiger partial charge in [0, 0.05) is 0 Å². The molecule has 0 bridgehead atoms. The third-order valence-electron chi connectivity index (χ3n) is 0.721. The number of cyclic esters (lactones) is 2. The molecule has 0 saturated carbocycles. The summed E-state index contributed by atoms with van der Waals surface area (Å²) >= 11 is 0. The second-order valence-electron chi connectivity index (χ2n) is 1.33. The van der Waals surface area contributed by atoms with Crippen molar-refractivity contribution < 1.29 is 14.3 Å². The maximum absolute atomic E-state index is 10.3. The van der Waals surface area contributed by atoms with E-state index in [1.165, 1.54) is 0 Å². The van der Waals surface area contributed by atoms with Crippen LogP contribution in [-0.2, 0) is 9.53 Å². The molecule has 1 fully saturated rings. The summed E-state index contributed by atoms with van der Waals surface area (Å²) in [6, 6.07) is 0. The van der Waals surface area contributed by atoms with Crippen LogP contribution >= 0.6 is 9.24 Å². The zero-order chi connectivity index (χ0) is 6.15. The number of alkyl carbamates (subject to hydrolysis) is 1. The predicted octanol–water partition coefficient (Wildman–Crippen LogP) is -0.546. The number of nitrogens with one attached hydrogen (secondary N) is 1. The molecule has 0 radical (unpaired) electrons. The molecule has 4 nitrogen and oxygen atoms in total. The van der Waals surface area contributed by atoms with Gasteiger partial charge >= 0.3 is 12.1 Å². The molecule has 44 valence electrons. The van der Waals surface area contributed by atoms with Crippen LogP contribution in [0.2, 0.25) is 0 Å². The normalized spacial score (nSPS) is 27.4. The molecule has 2 atom stereocenters. The first-order valence-corrected chi connectivity index (χ1v) is 2.64. The van der Waals surface area contributed by atoms with E-state index in [2.05, 4.69) is 19.3 Å². The molecule has 2 unspecified atom stereocenters. The lowest BCUT2D eigenvalue weighted by molar-refractivity contribution is -0.133. The summed E-state index contributed by atoms with van der Waals surface area (Å²) in [7, 11) is 2.13. The van der Waals surface area contributed by atoms with Crippen LogP contribution in [0.5, 0.6) is 0 Å². The van der Waals surface area contributed by atoms with E-state index in [0.717, 1.165) is 0 Å². The Kier molecular flexibility index (Phi) is 1.18. The van der Waals surface area contributed by atoms with Gasteiger partial charge in [-0.25, -0.2) is 9.59 Å². The molecule has 5 heteroatoms. The van der Waals surface area contributed by atoms with Crippen molar-refractivity contribution in [3.05, 3.63) is 0 Å². The minimum Gasteiger partial charge on any atom is -0.374 e. The number of carbonyl (C=O) groups is 2. The average Bonchev–Trinajstić information content (AvgIpc) is 1.85. The Morgan fingerprint density at radius 3 is 2.38 bits per heavy atom. The summed E-state index contributed by atoms with van der Waals surface area (Å²) in [4.78, 5) is 20.4. The van der Waals surface area contributed by atoms with E-state index < -0.39 is 17.8 Å². The molecule has 1 aliphatic heterocycles. The third kappa shape index (κ3) is 0.793. The quantitative estimate of drug-likeness (QED) is 0.274. The molecular formula is C3H4NO3P. The summed E-state index contributed by atoms with van der Waals surface area (Å²) in [5.41, 5.74) is 0. The van der Waals surface area contributed by atoms with Crippen LogP contribution in [0.25, 0.3) is 0 Å².